The van der Waals surface area contributed by atoms with E-state index in [1.54, 1.807) is 17.0 Å². The maximum Gasteiger partial charge on any atom is 0.265 e. The number of morpholine rings is 1. The van der Waals surface area contributed by atoms with E-state index in [0.717, 1.165) is 49.8 Å². The number of nitrogens with zero attached hydrogens (tertiary/aromatic N) is 2. The molecule has 0 spiro atoms. The normalized spacial score (nSPS) is 16.3. The Morgan fingerprint density at radius 3 is 2.62 bits per heavy atom. The van der Waals surface area contributed by atoms with Crippen molar-refractivity contribution in [3.63, 3.8) is 0 Å². The summed E-state index contributed by atoms with van der Waals surface area (Å²) in [5.41, 5.74) is 2.28. The van der Waals surface area contributed by atoms with Gasteiger partial charge in [-0.05, 0) is 36.8 Å². The van der Waals surface area contributed by atoms with Crippen LogP contribution in [0.2, 0.25) is 0 Å². The molecular weight excluding hydrogens is 410 g/mol. The molecule has 8 nitrogen and oxygen atoms in total. The average molecular weight is 440 g/mol. The fourth-order valence-corrected chi connectivity index (χ4v) is 3.85. The number of hydrogen-bond donors (Lipinski definition) is 1. The molecule has 2 aromatic rings. The van der Waals surface area contributed by atoms with Gasteiger partial charge in [-0.2, -0.15) is 0 Å². The van der Waals surface area contributed by atoms with Crippen LogP contribution in [0.3, 0.4) is 0 Å². The molecule has 1 fully saturated rings. The number of rotatable bonds is 8. The highest BCUT2D eigenvalue weighted by Crippen LogP contribution is 2.34. The van der Waals surface area contributed by atoms with E-state index in [2.05, 4.69) is 10.2 Å². The van der Waals surface area contributed by atoms with Crippen molar-refractivity contribution in [1.82, 2.24) is 4.90 Å². The van der Waals surface area contributed by atoms with Gasteiger partial charge >= 0.3 is 0 Å². The zero-order valence-corrected chi connectivity index (χ0v) is 18.3. The number of benzene rings is 2. The number of fused-ring (bicyclic) bond motifs is 1. The topological polar surface area (TPSA) is 80.3 Å². The fraction of sp³-hybridized carbons (Fsp3) is 0.417. The minimum Gasteiger partial charge on any atom is -0.494 e. The van der Waals surface area contributed by atoms with Crippen molar-refractivity contribution < 1.29 is 23.8 Å². The zero-order chi connectivity index (χ0) is 22.3. The number of anilines is 2. The number of nitrogens with one attached hydrogen (secondary N) is 1. The molecule has 2 heterocycles. The van der Waals surface area contributed by atoms with Gasteiger partial charge in [0.2, 0.25) is 5.91 Å². The van der Waals surface area contributed by atoms with Crippen LogP contribution in [0.15, 0.2) is 42.5 Å². The summed E-state index contributed by atoms with van der Waals surface area (Å²) in [7, 11) is 0. The predicted octanol–water partition coefficient (Wildman–Crippen LogP) is 2.32. The number of ether oxygens (including phenoxy) is 3. The Bertz CT molecular complexity index is 941. The number of amides is 2. The molecule has 0 bridgehead atoms. The van der Waals surface area contributed by atoms with Crippen molar-refractivity contribution >= 4 is 23.2 Å². The first-order valence-corrected chi connectivity index (χ1v) is 11.0. The van der Waals surface area contributed by atoms with Crippen LogP contribution in [-0.2, 0) is 20.7 Å². The Labute approximate surface area is 188 Å². The van der Waals surface area contributed by atoms with Crippen LogP contribution >= 0.6 is 0 Å². The summed E-state index contributed by atoms with van der Waals surface area (Å²) in [6.07, 6.45) is 0.258. The first kappa shape index (κ1) is 22.1. The molecule has 0 unspecified atom stereocenters. The Morgan fingerprint density at radius 2 is 1.88 bits per heavy atom. The minimum absolute atomic E-state index is 0.000307. The second-order valence-electron chi connectivity index (χ2n) is 7.77. The molecule has 8 heteroatoms. The molecule has 1 saturated heterocycles. The standard InChI is InChI=1S/C24H29N3O5/c1-2-31-20-6-3-18(4-7-20)15-23(28)25-19-5-8-21-22(16-19)32-17-24(29)27(21)10-9-26-11-13-30-14-12-26/h3-8,16H,2,9-15,17H2,1H3,(H,25,28). The third-order valence-corrected chi connectivity index (χ3v) is 5.53. The van der Waals surface area contributed by atoms with E-state index in [1.807, 2.05) is 37.3 Å². The molecule has 0 aliphatic carbocycles. The zero-order valence-electron chi connectivity index (χ0n) is 18.3. The highest BCUT2D eigenvalue weighted by Gasteiger charge is 2.26. The van der Waals surface area contributed by atoms with Crippen LogP contribution in [0, 0.1) is 0 Å². The molecule has 2 aromatic carbocycles. The van der Waals surface area contributed by atoms with Gasteiger partial charge in [-0.25, -0.2) is 0 Å². The summed E-state index contributed by atoms with van der Waals surface area (Å²) in [5.74, 6) is 1.21. The van der Waals surface area contributed by atoms with Gasteiger partial charge in [-0.1, -0.05) is 12.1 Å². The van der Waals surface area contributed by atoms with E-state index in [0.29, 0.717) is 24.6 Å². The molecule has 4 rings (SSSR count). The van der Waals surface area contributed by atoms with Gasteiger partial charge in [0.25, 0.3) is 5.91 Å². The second-order valence-corrected chi connectivity index (χ2v) is 7.77. The van der Waals surface area contributed by atoms with E-state index in [-0.39, 0.29) is 24.8 Å². The SMILES string of the molecule is CCOc1ccc(CC(=O)Nc2ccc3c(c2)OCC(=O)N3CCN2CCOCC2)cc1. The van der Waals surface area contributed by atoms with Crippen molar-refractivity contribution in [1.29, 1.82) is 0 Å². The van der Waals surface area contributed by atoms with E-state index in [4.69, 9.17) is 14.2 Å². The van der Waals surface area contributed by atoms with Gasteiger partial charge in [0, 0.05) is 37.9 Å². The quantitative estimate of drug-likeness (QED) is 0.680. The van der Waals surface area contributed by atoms with Gasteiger partial charge < -0.3 is 24.4 Å². The Balaban J connectivity index is 1.36. The summed E-state index contributed by atoms with van der Waals surface area (Å²) in [6, 6.07) is 12.9. The Hall–Kier alpha value is -3.10. The van der Waals surface area contributed by atoms with E-state index >= 15 is 0 Å². The van der Waals surface area contributed by atoms with Crippen LogP contribution in [0.25, 0.3) is 0 Å². The van der Waals surface area contributed by atoms with Gasteiger partial charge in [-0.15, -0.1) is 0 Å². The summed E-state index contributed by atoms with van der Waals surface area (Å²) >= 11 is 0. The van der Waals surface area contributed by atoms with Crippen LogP contribution in [0.4, 0.5) is 11.4 Å². The molecule has 2 aliphatic heterocycles. The predicted molar refractivity (Wildman–Crippen MR) is 121 cm³/mol. The van der Waals surface area contributed by atoms with Crippen molar-refractivity contribution in [3.8, 4) is 11.5 Å². The maximum absolute atomic E-state index is 12.5. The minimum atomic E-state index is -0.120. The van der Waals surface area contributed by atoms with Crippen molar-refractivity contribution in [3.05, 3.63) is 48.0 Å². The smallest absolute Gasteiger partial charge is 0.265 e. The Kier molecular flexibility index (Phi) is 7.24. The number of hydrogen-bond acceptors (Lipinski definition) is 6. The molecule has 0 atom stereocenters. The van der Waals surface area contributed by atoms with E-state index < -0.39 is 0 Å². The molecule has 0 aromatic heterocycles. The van der Waals surface area contributed by atoms with Crippen molar-refractivity contribution in [2.75, 3.05) is 62.8 Å². The lowest BCUT2D eigenvalue weighted by Crippen LogP contribution is -2.45. The van der Waals surface area contributed by atoms with E-state index in [9.17, 15) is 9.59 Å². The summed E-state index contributed by atoms with van der Waals surface area (Å²) < 4.78 is 16.5. The molecule has 32 heavy (non-hydrogen) atoms. The van der Waals surface area contributed by atoms with Crippen LogP contribution in [0.1, 0.15) is 12.5 Å². The monoisotopic (exact) mass is 439 g/mol. The van der Waals surface area contributed by atoms with Crippen molar-refractivity contribution in [2.45, 2.75) is 13.3 Å². The molecule has 0 saturated carbocycles. The van der Waals surface area contributed by atoms with Gasteiger partial charge in [0.05, 0.1) is 31.9 Å². The van der Waals surface area contributed by atoms with Gasteiger partial charge in [0.15, 0.2) is 6.61 Å². The highest BCUT2D eigenvalue weighted by atomic mass is 16.5. The van der Waals surface area contributed by atoms with Crippen molar-refractivity contribution in [2.24, 2.45) is 0 Å². The summed E-state index contributed by atoms with van der Waals surface area (Å²) in [4.78, 5) is 29.0. The molecule has 2 aliphatic rings. The fourth-order valence-electron chi connectivity index (χ4n) is 3.85. The largest absolute Gasteiger partial charge is 0.494 e. The summed E-state index contributed by atoms with van der Waals surface area (Å²) in [5, 5.41) is 2.91. The maximum atomic E-state index is 12.5. The lowest BCUT2D eigenvalue weighted by molar-refractivity contribution is -0.121. The summed E-state index contributed by atoms with van der Waals surface area (Å²) in [6.45, 7) is 7.14. The first-order chi connectivity index (χ1) is 15.6. The molecular formula is C24H29N3O5. The van der Waals surface area contributed by atoms with Gasteiger partial charge in [-0.3, -0.25) is 14.5 Å². The van der Waals surface area contributed by atoms with Crippen LogP contribution in [-0.4, -0.2) is 69.3 Å². The van der Waals surface area contributed by atoms with Gasteiger partial charge in [0.1, 0.15) is 11.5 Å². The lowest BCUT2D eigenvalue weighted by Gasteiger charge is -2.33. The Morgan fingerprint density at radius 1 is 1.09 bits per heavy atom. The number of carbonyl (C=O) groups excluding carboxylic acids is 2. The lowest BCUT2D eigenvalue weighted by atomic mass is 10.1. The highest BCUT2D eigenvalue weighted by molar-refractivity contribution is 5.99. The third kappa shape index (κ3) is 5.57. The molecule has 2 amide bonds. The first-order valence-electron chi connectivity index (χ1n) is 11.0. The molecule has 170 valence electrons. The third-order valence-electron chi connectivity index (χ3n) is 5.53. The molecule has 0 radical (unpaired) electrons. The number of carbonyl (C=O) groups is 2. The molecule has 1 N–H and O–H groups in total. The second kappa shape index (κ2) is 10.5. The average Bonchev–Trinajstić information content (AvgIpc) is 2.80. The van der Waals surface area contributed by atoms with E-state index in [1.165, 1.54) is 0 Å². The van der Waals surface area contributed by atoms with Crippen LogP contribution < -0.4 is 19.7 Å². The van der Waals surface area contributed by atoms with Crippen LogP contribution in [0.5, 0.6) is 11.5 Å².